The summed E-state index contributed by atoms with van der Waals surface area (Å²) in [5, 5.41) is 2.85. The summed E-state index contributed by atoms with van der Waals surface area (Å²) in [6, 6.07) is 21.1. The Labute approximate surface area is 189 Å². The first-order chi connectivity index (χ1) is 16.2. The van der Waals surface area contributed by atoms with Gasteiger partial charge in [-0.1, -0.05) is 42.5 Å². The molecule has 0 aliphatic heterocycles. The molecule has 2 aromatic carbocycles. The summed E-state index contributed by atoms with van der Waals surface area (Å²) >= 11 is 0. The first-order valence-electron chi connectivity index (χ1n) is 10.4. The molecule has 0 spiro atoms. The molecule has 5 aromatic rings. The van der Waals surface area contributed by atoms with E-state index >= 15 is 0 Å². The molecular formula is C25H21N5O3. The van der Waals surface area contributed by atoms with Gasteiger partial charge in [0, 0.05) is 7.05 Å². The van der Waals surface area contributed by atoms with E-state index in [0.717, 1.165) is 16.9 Å². The van der Waals surface area contributed by atoms with Crippen molar-refractivity contribution in [2.24, 2.45) is 7.05 Å². The number of imidazole rings is 1. The monoisotopic (exact) mass is 439 g/mol. The van der Waals surface area contributed by atoms with Crippen molar-refractivity contribution >= 4 is 22.9 Å². The number of amides is 1. The van der Waals surface area contributed by atoms with Gasteiger partial charge in [0.2, 0.25) is 5.91 Å². The van der Waals surface area contributed by atoms with Crippen molar-refractivity contribution in [3.8, 4) is 17.3 Å². The molecule has 3 heterocycles. The van der Waals surface area contributed by atoms with Crippen LogP contribution in [0.5, 0.6) is 5.75 Å². The number of carbonyl (C=O) groups excluding carboxylic acids is 1. The SMILES string of the molecule is Cn1c(-c2ccco2)nc2c(NC(=O)Cc3ccc(OCc4ccccc4)cc3)ncnc21. The van der Waals surface area contributed by atoms with Gasteiger partial charge in [0.25, 0.3) is 0 Å². The van der Waals surface area contributed by atoms with Crippen molar-refractivity contribution in [1.29, 1.82) is 0 Å². The van der Waals surface area contributed by atoms with Crippen LogP contribution < -0.4 is 10.1 Å². The second-order valence-corrected chi connectivity index (χ2v) is 7.51. The zero-order chi connectivity index (χ0) is 22.6. The Bertz CT molecular complexity index is 1380. The molecular weight excluding hydrogens is 418 g/mol. The van der Waals surface area contributed by atoms with Gasteiger partial charge in [-0.2, -0.15) is 0 Å². The van der Waals surface area contributed by atoms with Crippen LogP contribution in [-0.4, -0.2) is 25.4 Å². The Morgan fingerprint density at radius 3 is 2.58 bits per heavy atom. The normalized spacial score (nSPS) is 10.9. The number of furan rings is 1. The fourth-order valence-electron chi connectivity index (χ4n) is 3.52. The van der Waals surface area contributed by atoms with E-state index in [0.29, 0.717) is 35.2 Å². The van der Waals surface area contributed by atoms with Crippen LogP contribution in [0.2, 0.25) is 0 Å². The van der Waals surface area contributed by atoms with Crippen LogP contribution in [0.4, 0.5) is 5.82 Å². The van der Waals surface area contributed by atoms with E-state index in [-0.39, 0.29) is 12.3 Å². The molecule has 8 nitrogen and oxygen atoms in total. The Morgan fingerprint density at radius 2 is 1.82 bits per heavy atom. The molecule has 0 fully saturated rings. The van der Waals surface area contributed by atoms with Crippen LogP contribution in [0.15, 0.2) is 83.7 Å². The Kier molecular flexibility index (Phi) is 5.55. The number of nitrogens with zero attached hydrogens (tertiary/aromatic N) is 4. The van der Waals surface area contributed by atoms with Gasteiger partial charge in [-0.15, -0.1) is 0 Å². The molecule has 33 heavy (non-hydrogen) atoms. The Hall–Kier alpha value is -4.46. The van der Waals surface area contributed by atoms with E-state index in [2.05, 4.69) is 20.3 Å². The summed E-state index contributed by atoms with van der Waals surface area (Å²) in [4.78, 5) is 25.8. The summed E-state index contributed by atoms with van der Waals surface area (Å²) in [6.45, 7) is 0.494. The van der Waals surface area contributed by atoms with Crippen molar-refractivity contribution < 1.29 is 13.9 Å². The van der Waals surface area contributed by atoms with Crippen LogP contribution in [0.3, 0.4) is 0 Å². The van der Waals surface area contributed by atoms with Gasteiger partial charge in [-0.25, -0.2) is 15.0 Å². The smallest absolute Gasteiger partial charge is 0.230 e. The molecule has 0 saturated heterocycles. The van der Waals surface area contributed by atoms with Gasteiger partial charge in [0.15, 0.2) is 28.6 Å². The summed E-state index contributed by atoms with van der Waals surface area (Å²) < 4.78 is 13.1. The van der Waals surface area contributed by atoms with Crippen molar-refractivity contribution in [3.05, 3.63) is 90.4 Å². The van der Waals surface area contributed by atoms with Crippen molar-refractivity contribution in [2.45, 2.75) is 13.0 Å². The van der Waals surface area contributed by atoms with Crippen LogP contribution in [0, 0.1) is 0 Å². The summed E-state index contributed by atoms with van der Waals surface area (Å²) in [6.07, 6.45) is 3.19. The molecule has 0 atom stereocenters. The highest BCUT2D eigenvalue weighted by atomic mass is 16.5. The zero-order valence-electron chi connectivity index (χ0n) is 17.9. The maximum atomic E-state index is 12.7. The lowest BCUT2D eigenvalue weighted by molar-refractivity contribution is -0.115. The van der Waals surface area contributed by atoms with E-state index in [1.807, 2.05) is 67.7 Å². The Morgan fingerprint density at radius 1 is 1.00 bits per heavy atom. The lowest BCUT2D eigenvalue weighted by Gasteiger charge is -2.08. The van der Waals surface area contributed by atoms with Gasteiger partial charge >= 0.3 is 0 Å². The van der Waals surface area contributed by atoms with E-state index in [1.54, 1.807) is 16.9 Å². The summed E-state index contributed by atoms with van der Waals surface area (Å²) in [5.41, 5.74) is 3.07. The average molecular weight is 439 g/mol. The molecule has 0 unspecified atom stereocenters. The molecule has 0 aliphatic rings. The molecule has 1 N–H and O–H groups in total. The van der Waals surface area contributed by atoms with Crippen molar-refractivity contribution in [1.82, 2.24) is 19.5 Å². The van der Waals surface area contributed by atoms with Crippen molar-refractivity contribution in [3.63, 3.8) is 0 Å². The number of aromatic nitrogens is 4. The quantitative estimate of drug-likeness (QED) is 0.404. The molecule has 0 bridgehead atoms. The second kappa shape index (κ2) is 8.96. The van der Waals surface area contributed by atoms with Gasteiger partial charge in [-0.3, -0.25) is 4.79 Å². The largest absolute Gasteiger partial charge is 0.489 e. The molecule has 5 rings (SSSR count). The van der Waals surface area contributed by atoms with Crippen LogP contribution in [0.1, 0.15) is 11.1 Å². The van der Waals surface area contributed by atoms with Crippen molar-refractivity contribution in [2.75, 3.05) is 5.32 Å². The molecule has 8 heteroatoms. The van der Waals surface area contributed by atoms with Gasteiger partial charge < -0.3 is 19.0 Å². The minimum absolute atomic E-state index is 0.196. The number of nitrogens with one attached hydrogen (secondary N) is 1. The molecule has 0 radical (unpaired) electrons. The van der Waals surface area contributed by atoms with E-state index in [1.165, 1.54) is 6.33 Å². The molecule has 164 valence electrons. The minimum Gasteiger partial charge on any atom is -0.489 e. The van der Waals surface area contributed by atoms with Crippen LogP contribution >= 0.6 is 0 Å². The summed E-state index contributed by atoms with van der Waals surface area (Å²) in [5.74, 6) is 2.14. The number of anilines is 1. The van der Waals surface area contributed by atoms with Crippen LogP contribution in [-0.2, 0) is 24.9 Å². The number of aryl methyl sites for hydroxylation is 1. The van der Waals surface area contributed by atoms with Gasteiger partial charge in [-0.05, 0) is 35.4 Å². The highest BCUT2D eigenvalue weighted by Crippen LogP contribution is 2.26. The third-order valence-corrected chi connectivity index (χ3v) is 5.19. The maximum Gasteiger partial charge on any atom is 0.230 e. The predicted octanol–water partition coefficient (Wildman–Crippen LogP) is 4.38. The topological polar surface area (TPSA) is 95.1 Å². The fraction of sp³-hybridized carbons (Fsp3) is 0.120. The van der Waals surface area contributed by atoms with E-state index in [9.17, 15) is 4.79 Å². The molecule has 3 aromatic heterocycles. The highest BCUT2D eigenvalue weighted by molar-refractivity contribution is 5.98. The van der Waals surface area contributed by atoms with Gasteiger partial charge in [0.1, 0.15) is 18.7 Å². The van der Waals surface area contributed by atoms with Crippen LogP contribution in [0.25, 0.3) is 22.7 Å². The number of hydrogen-bond donors (Lipinski definition) is 1. The third-order valence-electron chi connectivity index (χ3n) is 5.19. The number of rotatable bonds is 7. The number of ether oxygens (including phenoxy) is 1. The molecule has 1 amide bonds. The first-order valence-corrected chi connectivity index (χ1v) is 10.4. The standard InChI is InChI=1S/C25H21N5O3/c1-30-24(20-8-5-13-32-20)29-22-23(26-16-27-25(22)30)28-21(31)14-17-9-11-19(12-10-17)33-15-18-6-3-2-4-7-18/h2-13,16H,14-15H2,1H3,(H,26,27,28,31). The number of hydrogen-bond acceptors (Lipinski definition) is 6. The molecule has 0 saturated carbocycles. The summed E-state index contributed by atoms with van der Waals surface area (Å²) in [7, 11) is 1.84. The third kappa shape index (κ3) is 4.45. The highest BCUT2D eigenvalue weighted by Gasteiger charge is 2.18. The number of fused-ring (bicyclic) bond motifs is 1. The average Bonchev–Trinajstić information content (AvgIpc) is 3.48. The predicted molar refractivity (Wildman–Crippen MR) is 124 cm³/mol. The fourth-order valence-corrected chi connectivity index (χ4v) is 3.52. The lowest BCUT2D eigenvalue weighted by Crippen LogP contribution is -2.15. The number of benzene rings is 2. The van der Waals surface area contributed by atoms with Gasteiger partial charge in [0.05, 0.1) is 12.7 Å². The first kappa shape index (κ1) is 20.4. The molecule has 0 aliphatic carbocycles. The minimum atomic E-state index is -0.196. The Balaban J connectivity index is 1.26. The second-order valence-electron chi connectivity index (χ2n) is 7.51. The van der Waals surface area contributed by atoms with E-state index < -0.39 is 0 Å². The lowest BCUT2D eigenvalue weighted by atomic mass is 10.1. The van der Waals surface area contributed by atoms with E-state index in [4.69, 9.17) is 9.15 Å². The number of carbonyl (C=O) groups is 1. The maximum absolute atomic E-state index is 12.7. The zero-order valence-corrected chi connectivity index (χ0v) is 17.9.